The quantitative estimate of drug-likeness (QED) is 0.509. The van der Waals surface area contributed by atoms with Crippen LogP contribution in [0.4, 0.5) is 17.6 Å². The predicted molar refractivity (Wildman–Crippen MR) is 60.0 cm³/mol. The number of alkyl halides is 3. The summed E-state index contributed by atoms with van der Waals surface area (Å²) in [7, 11) is 0. The van der Waals surface area contributed by atoms with Crippen molar-refractivity contribution in [2.75, 3.05) is 6.61 Å². The van der Waals surface area contributed by atoms with E-state index in [1.807, 2.05) is 0 Å². The van der Waals surface area contributed by atoms with Gasteiger partial charge in [0.2, 0.25) is 0 Å². The Bertz CT molecular complexity index is 425. The Morgan fingerprint density at radius 1 is 1.28 bits per heavy atom. The highest BCUT2D eigenvalue weighted by molar-refractivity contribution is 6.35. The normalized spacial score (nSPS) is 13.7. The maximum absolute atomic E-state index is 13.2. The number of nitrogens with one attached hydrogen (secondary N) is 1. The van der Waals surface area contributed by atoms with Gasteiger partial charge >= 0.3 is 6.18 Å². The predicted octanol–water partition coefficient (Wildman–Crippen LogP) is 4.28. The molecule has 1 atom stereocenters. The largest absolute Gasteiger partial charge is 0.413 e. The molecule has 2 nitrogen and oxygen atoms in total. The summed E-state index contributed by atoms with van der Waals surface area (Å²) in [5, 5.41) is -0.0239. The number of halogens is 6. The number of rotatable bonds is 4. The summed E-state index contributed by atoms with van der Waals surface area (Å²) >= 11 is 11.3. The van der Waals surface area contributed by atoms with Gasteiger partial charge in [-0.05, 0) is 24.6 Å². The van der Waals surface area contributed by atoms with Crippen molar-refractivity contribution >= 4 is 23.2 Å². The molecule has 1 N–H and O–H groups in total. The topological polar surface area (TPSA) is 21.3 Å². The Balaban J connectivity index is 2.67. The minimum Gasteiger partial charge on any atom is -0.292 e. The van der Waals surface area contributed by atoms with Crippen LogP contribution in [0.3, 0.4) is 0 Å². The van der Waals surface area contributed by atoms with E-state index in [1.165, 1.54) is 13.0 Å². The third-order valence-electron chi connectivity index (χ3n) is 2.00. The fraction of sp³-hybridized carbons (Fsp3) is 0.400. The molecule has 1 unspecified atom stereocenters. The van der Waals surface area contributed by atoms with E-state index < -0.39 is 24.6 Å². The van der Waals surface area contributed by atoms with Crippen molar-refractivity contribution in [2.45, 2.75) is 19.1 Å². The fourth-order valence-electron chi connectivity index (χ4n) is 1.18. The lowest BCUT2D eigenvalue weighted by atomic mass is 10.1. The second-order valence-electron chi connectivity index (χ2n) is 3.53. The molecule has 1 aromatic rings. The van der Waals surface area contributed by atoms with Crippen LogP contribution in [0.5, 0.6) is 0 Å². The Labute approximate surface area is 111 Å². The van der Waals surface area contributed by atoms with Crippen LogP contribution in [-0.2, 0) is 4.84 Å². The van der Waals surface area contributed by atoms with Gasteiger partial charge in [-0.1, -0.05) is 23.2 Å². The van der Waals surface area contributed by atoms with Gasteiger partial charge in [0.15, 0.2) is 6.61 Å². The molecule has 1 rings (SSSR count). The molecule has 0 saturated carbocycles. The van der Waals surface area contributed by atoms with Gasteiger partial charge in [0, 0.05) is 5.02 Å². The van der Waals surface area contributed by atoms with E-state index in [2.05, 4.69) is 10.3 Å². The zero-order chi connectivity index (χ0) is 13.9. The summed E-state index contributed by atoms with van der Waals surface area (Å²) in [5.74, 6) is -0.708. The van der Waals surface area contributed by atoms with Crippen LogP contribution in [0.15, 0.2) is 12.1 Å². The summed E-state index contributed by atoms with van der Waals surface area (Å²) in [6.45, 7) is 0.0238. The van der Waals surface area contributed by atoms with E-state index in [1.54, 1.807) is 0 Å². The maximum Gasteiger partial charge on any atom is 0.413 e. The van der Waals surface area contributed by atoms with Crippen LogP contribution in [-0.4, -0.2) is 12.8 Å². The van der Waals surface area contributed by atoms with Crippen LogP contribution in [0.25, 0.3) is 0 Å². The third kappa shape index (κ3) is 4.61. The lowest BCUT2D eigenvalue weighted by Crippen LogP contribution is -2.27. The molecule has 0 fully saturated rings. The molecule has 0 spiro atoms. The molecular formula is C10H9Cl2F4NO. The summed E-state index contributed by atoms with van der Waals surface area (Å²) in [6, 6.07) is 1.50. The zero-order valence-corrected chi connectivity index (χ0v) is 10.6. The van der Waals surface area contributed by atoms with Crippen molar-refractivity contribution in [3.05, 3.63) is 33.6 Å². The Morgan fingerprint density at radius 2 is 1.89 bits per heavy atom. The minimum absolute atomic E-state index is 0.136. The molecule has 0 amide bonds. The van der Waals surface area contributed by atoms with Gasteiger partial charge in [0.1, 0.15) is 5.82 Å². The summed E-state index contributed by atoms with van der Waals surface area (Å²) in [6.07, 6.45) is -4.44. The molecular weight excluding hydrogens is 297 g/mol. The van der Waals surface area contributed by atoms with Gasteiger partial charge in [-0.3, -0.25) is 4.84 Å². The highest BCUT2D eigenvalue weighted by Crippen LogP contribution is 2.28. The van der Waals surface area contributed by atoms with Gasteiger partial charge in [0.25, 0.3) is 0 Å². The molecule has 0 aliphatic carbocycles. The monoisotopic (exact) mass is 305 g/mol. The molecule has 0 saturated heterocycles. The molecule has 102 valence electrons. The molecule has 0 bridgehead atoms. The summed E-state index contributed by atoms with van der Waals surface area (Å²) < 4.78 is 48.7. The molecule has 0 aliphatic heterocycles. The van der Waals surface area contributed by atoms with E-state index in [0.717, 1.165) is 6.07 Å². The summed E-state index contributed by atoms with van der Waals surface area (Å²) in [4.78, 5) is 4.25. The SMILES string of the molecule is CC(NOCC(F)(F)F)c1cc(F)c(Cl)cc1Cl. The second kappa shape index (κ2) is 6.06. The fourth-order valence-corrected chi connectivity index (χ4v) is 1.73. The van der Waals surface area contributed by atoms with Gasteiger partial charge in [0.05, 0.1) is 11.1 Å². The van der Waals surface area contributed by atoms with E-state index in [9.17, 15) is 17.6 Å². The standard InChI is InChI=1S/C10H9Cl2F4NO/c1-5(17-18-4-10(14,15)16)6-2-9(13)8(12)3-7(6)11/h2-3,5,17H,4H2,1H3. The number of benzene rings is 1. The van der Waals surface area contributed by atoms with Crippen molar-refractivity contribution in [1.29, 1.82) is 0 Å². The lowest BCUT2D eigenvalue weighted by molar-refractivity contribution is -0.192. The molecule has 0 heterocycles. The van der Waals surface area contributed by atoms with Crippen molar-refractivity contribution in [2.24, 2.45) is 0 Å². The van der Waals surface area contributed by atoms with E-state index in [4.69, 9.17) is 23.2 Å². The van der Waals surface area contributed by atoms with Crippen LogP contribution in [0.1, 0.15) is 18.5 Å². The molecule has 0 aliphatic rings. The molecule has 0 radical (unpaired) electrons. The van der Waals surface area contributed by atoms with Crippen molar-refractivity contribution in [3.8, 4) is 0 Å². The number of hydrogen-bond donors (Lipinski definition) is 1. The van der Waals surface area contributed by atoms with Crippen LogP contribution in [0, 0.1) is 5.82 Å². The minimum atomic E-state index is -4.44. The van der Waals surface area contributed by atoms with E-state index in [-0.39, 0.29) is 15.6 Å². The zero-order valence-electron chi connectivity index (χ0n) is 9.12. The highest BCUT2D eigenvalue weighted by atomic mass is 35.5. The first-order valence-corrected chi connectivity index (χ1v) is 5.55. The molecule has 0 aromatic heterocycles. The van der Waals surface area contributed by atoms with Crippen LogP contribution >= 0.6 is 23.2 Å². The second-order valence-corrected chi connectivity index (χ2v) is 4.35. The van der Waals surface area contributed by atoms with Gasteiger partial charge in [-0.15, -0.1) is 0 Å². The smallest absolute Gasteiger partial charge is 0.292 e. The lowest BCUT2D eigenvalue weighted by Gasteiger charge is -2.16. The molecule has 8 heteroatoms. The van der Waals surface area contributed by atoms with Crippen molar-refractivity contribution in [1.82, 2.24) is 5.48 Å². The Kier molecular flexibility index (Phi) is 5.21. The van der Waals surface area contributed by atoms with E-state index >= 15 is 0 Å². The average molecular weight is 306 g/mol. The van der Waals surface area contributed by atoms with Crippen molar-refractivity contribution < 1.29 is 22.4 Å². The Hall–Kier alpha value is -0.560. The van der Waals surface area contributed by atoms with Gasteiger partial charge in [-0.2, -0.15) is 18.7 Å². The number of hydroxylamine groups is 1. The first kappa shape index (κ1) is 15.5. The Morgan fingerprint density at radius 3 is 2.44 bits per heavy atom. The number of hydrogen-bond acceptors (Lipinski definition) is 2. The molecule has 18 heavy (non-hydrogen) atoms. The van der Waals surface area contributed by atoms with Gasteiger partial charge in [-0.25, -0.2) is 4.39 Å². The summed E-state index contributed by atoms with van der Waals surface area (Å²) in [5.41, 5.74) is 2.38. The molecule has 1 aromatic carbocycles. The van der Waals surface area contributed by atoms with Crippen molar-refractivity contribution in [3.63, 3.8) is 0 Å². The first-order valence-electron chi connectivity index (χ1n) is 4.79. The third-order valence-corrected chi connectivity index (χ3v) is 2.62. The average Bonchev–Trinajstić information content (AvgIpc) is 2.21. The van der Waals surface area contributed by atoms with Gasteiger partial charge < -0.3 is 0 Å². The maximum atomic E-state index is 13.2. The van der Waals surface area contributed by atoms with E-state index in [0.29, 0.717) is 0 Å². The first-order chi connectivity index (χ1) is 8.20. The highest BCUT2D eigenvalue weighted by Gasteiger charge is 2.28. The van der Waals surface area contributed by atoms with Crippen LogP contribution in [0.2, 0.25) is 10.0 Å². The van der Waals surface area contributed by atoms with Crippen LogP contribution < -0.4 is 5.48 Å².